The van der Waals surface area contributed by atoms with Crippen LogP contribution in [0.5, 0.6) is 5.75 Å². The molecule has 0 fully saturated rings. The molecular weight excluding hydrogens is 484 g/mol. The van der Waals surface area contributed by atoms with Crippen molar-refractivity contribution < 1.29 is 14.1 Å². The highest BCUT2D eigenvalue weighted by atomic mass is 33.1. The van der Waals surface area contributed by atoms with Crippen molar-refractivity contribution in [2.75, 3.05) is 0 Å². The summed E-state index contributed by atoms with van der Waals surface area (Å²) in [6.07, 6.45) is 15.9. The molecule has 2 atom stereocenters. The third-order valence-corrected chi connectivity index (χ3v) is 7.77. The zero-order valence-electron chi connectivity index (χ0n) is 24.6. The van der Waals surface area contributed by atoms with Crippen molar-refractivity contribution in [1.29, 1.82) is 0 Å². The van der Waals surface area contributed by atoms with Crippen LogP contribution in [0.2, 0.25) is 0 Å². The van der Waals surface area contributed by atoms with Crippen LogP contribution >= 0.6 is 22.7 Å². The van der Waals surface area contributed by atoms with Crippen LogP contribution in [0.1, 0.15) is 134 Å². The number of unbranched alkanes of at least 4 members (excludes halogenated alkanes) is 2. The predicted molar refractivity (Wildman–Crippen MR) is 163 cm³/mol. The number of hydrogen-bond donors (Lipinski definition) is 2. The minimum atomic E-state index is -0.767. The van der Waals surface area contributed by atoms with E-state index in [1.165, 1.54) is 64.2 Å². The molecule has 0 saturated carbocycles. The predicted octanol–water partition coefficient (Wildman–Crippen LogP) is 10.6. The third kappa shape index (κ3) is 16.1. The number of benzene rings is 1. The van der Waals surface area contributed by atoms with Gasteiger partial charge < -0.3 is 9.29 Å². The number of carbonyl (C=O) groups is 1. The highest BCUT2D eigenvalue weighted by Crippen LogP contribution is 2.33. The van der Waals surface area contributed by atoms with E-state index >= 15 is 0 Å². The summed E-state index contributed by atoms with van der Waals surface area (Å²) in [5.74, 6) is 2.88. The molecule has 0 unspecified atom stereocenters. The first kappa shape index (κ1) is 35.2. The fourth-order valence-corrected chi connectivity index (χ4v) is 5.20. The van der Waals surface area contributed by atoms with E-state index in [1.807, 2.05) is 19.9 Å². The van der Waals surface area contributed by atoms with Crippen LogP contribution in [0.15, 0.2) is 6.07 Å². The maximum Gasteiger partial charge on any atom is 0.303 e. The Hall–Kier alpha value is -0.810. The number of hydrogen-bond acceptors (Lipinski definition) is 4. The van der Waals surface area contributed by atoms with Gasteiger partial charge in [-0.05, 0) is 66.7 Å². The lowest BCUT2D eigenvalue weighted by atomic mass is 9.92. The van der Waals surface area contributed by atoms with E-state index in [2.05, 4.69) is 53.2 Å². The molecule has 0 aliphatic heterocycles. The second-order valence-corrected chi connectivity index (χ2v) is 11.9. The quantitative estimate of drug-likeness (QED) is 0.0841. The van der Waals surface area contributed by atoms with Crippen molar-refractivity contribution in [3.63, 3.8) is 0 Å². The van der Waals surface area contributed by atoms with Crippen molar-refractivity contribution in [2.24, 2.45) is 17.8 Å². The van der Waals surface area contributed by atoms with Gasteiger partial charge in [0.15, 0.2) is 0 Å². The Morgan fingerprint density at radius 1 is 0.889 bits per heavy atom. The lowest BCUT2D eigenvalue weighted by molar-refractivity contribution is -0.136. The van der Waals surface area contributed by atoms with Gasteiger partial charge in [0.25, 0.3) is 0 Å². The molecular formula is C31H56O3S2. The summed E-state index contributed by atoms with van der Waals surface area (Å²) in [5, 5.41) is 8.76. The van der Waals surface area contributed by atoms with E-state index in [-0.39, 0.29) is 6.42 Å². The smallest absolute Gasteiger partial charge is 0.303 e. The Labute approximate surface area is 233 Å². The van der Waals surface area contributed by atoms with Crippen molar-refractivity contribution in [3.8, 4) is 5.75 Å². The van der Waals surface area contributed by atoms with Gasteiger partial charge in [-0.2, -0.15) is 0 Å². The van der Waals surface area contributed by atoms with E-state index in [1.54, 1.807) is 0 Å². The summed E-state index contributed by atoms with van der Waals surface area (Å²) >= 11 is 5.04. The van der Waals surface area contributed by atoms with Gasteiger partial charge in [0.1, 0.15) is 16.8 Å². The van der Waals surface area contributed by atoms with E-state index in [9.17, 15) is 4.79 Å². The van der Waals surface area contributed by atoms with Gasteiger partial charge in [-0.25, -0.2) is 0 Å². The Morgan fingerprint density at radius 3 is 1.92 bits per heavy atom. The fraction of sp³-hybridized carbons (Fsp3) is 0.774. The van der Waals surface area contributed by atoms with E-state index < -0.39 is 5.97 Å². The normalized spacial score (nSPS) is 12.7. The molecule has 3 nitrogen and oxygen atoms in total. The van der Waals surface area contributed by atoms with E-state index in [0.717, 1.165) is 63.3 Å². The molecule has 36 heavy (non-hydrogen) atoms. The summed E-state index contributed by atoms with van der Waals surface area (Å²) in [7, 11) is 0. The molecule has 0 bridgehead atoms. The van der Waals surface area contributed by atoms with Crippen LogP contribution in [0.25, 0.3) is 0 Å². The standard InChI is InChI=1S/C18H38.C13H18O3S2/c1-6-7-8-12-17(4)14-10-15-18(5)13-9-11-16(2)3;1-4-10-7-11(5-6-12(14)15)8(2)9(3)13(10)16-18-17/h16-18H,6-15H2,1-5H3;7,17H,4-6H2,1-3H3,(H,14,15)/t17-,18+;/m0./s1. The fourth-order valence-electron chi connectivity index (χ4n) is 4.67. The van der Waals surface area contributed by atoms with Gasteiger partial charge in [-0.3, -0.25) is 4.79 Å². The largest absolute Gasteiger partial charge is 0.481 e. The molecule has 0 amide bonds. The van der Waals surface area contributed by atoms with Crippen LogP contribution in [-0.2, 0) is 17.6 Å². The van der Waals surface area contributed by atoms with Gasteiger partial charge in [0.05, 0.1) is 0 Å². The minimum Gasteiger partial charge on any atom is -0.481 e. The molecule has 1 aromatic rings. The molecule has 0 spiro atoms. The lowest BCUT2D eigenvalue weighted by Crippen LogP contribution is -2.03. The lowest BCUT2D eigenvalue weighted by Gasteiger charge is -2.16. The number of carboxylic acid groups (broad SMARTS) is 1. The summed E-state index contributed by atoms with van der Waals surface area (Å²) in [6.45, 7) is 17.9. The SMILES string of the molecule is CCCCC[C@H](C)CCC[C@H](C)CCCC(C)C.CCc1cc(CCC(=O)O)c(C)c(C)c1OSS. The van der Waals surface area contributed by atoms with Crippen LogP contribution in [0.3, 0.4) is 0 Å². The maximum atomic E-state index is 10.7. The molecule has 0 saturated heterocycles. The molecule has 210 valence electrons. The van der Waals surface area contributed by atoms with Crippen molar-refractivity contribution in [3.05, 3.63) is 28.3 Å². The Balaban J connectivity index is 0.000000681. The van der Waals surface area contributed by atoms with Gasteiger partial charge in [-0.15, -0.1) is 0 Å². The highest BCUT2D eigenvalue weighted by Gasteiger charge is 2.14. The Morgan fingerprint density at radius 2 is 1.44 bits per heavy atom. The molecule has 0 aliphatic carbocycles. The first-order valence-corrected chi connectivity index (χ1v) is 16.2. The molecule has 0 aromatic heterocycles. The van der Waals surface area contributed by atoms with Crippen LogP contribution in [0.4, 0.5) is 0 Å². The van der Waals surface area contributed by atoms with Crippen molar-refractivity contribution in [1.82, 2.24) is 0 Å². The first-order chi connectivity index (χ1) is 17.1. The van der Waals surface area contributed by atoms with E-state index in [0.29, 0.717) is 6.42 Å². The maximum absolute atomic E-state index is 10.7. The second kappa shape index (κ2) is 21.2. The topological polar surface area (TPSA) is 46.5 Å². The van der Waals surface area contributed by atoms with Gasteiger partial charge in [0, 0.05) is 6.42 Å². The van der Waals surface area contributed by atoms with E-state index in [4.69, 9.17) is 9.29 Å². The third-order valence-electron chi connectivity index (χ3n) is 7.31. The Kier molecular flexibility index (Phi) is 20.7. The van der Waals surface area contributed by atoms with Crippen LogP contribution in [-0.4, -0.2) is 11.1 Å². The molecule has 0 heterocycles. The number of carboxylic acids is 1. The van der Waals surface area contributed by atoms with Crippen molar-refractivity contribution in [2.45, 2.75) is 139 Å². The van der Waals surface area contributed by atoms with Crippen LogP contribution < -0.4 is 4.18 Å². The number of thiol groups is 1. The van der Waals surface area contributed by atoms with Gasteiger partial charge >= 0.3 is 5.97 Å². The molecule has 1 aromatic carbocycles. The molecule has 0 radical (unpaired) electrons. The average Bonchev–Trinajstić information content (AvgIpc) is 2.82. The molecule has 5 heteroatoms. The minimum absolute atomic E-state index is 0.158. The summed E-state index contributed by atoms with van der Waals surface area (Å²) in [4.78, 5) is 10.7. The summed E-state index contributed by atoms with van der Waals surface area (Å²) in [6, 6.07) is 2.05. The average molecular weight is 541 g/mol. The second-order valence-electron chi connectivity index (χ2n) is 11.1. The zero-order chi connectivity index (χ0) is 27.5. The highest BCUT2D eigenvalue weighted by molar-refractivity contribution is 8.66. The van der Waals surface area contributed by atoms with Crippen molar-refractivity contribution >= 4 is 28.7 Å². The number of aliphatic carboxylic acids is 1. The molecule has 0 aliphatic rings. The zero-order valence-corrected chi connectivity index (χ0v) is 26.3. The monoisotopic (exact) mass is 540 g/mol. The summed E-state index contributed by atoms with van der Waals surface area (Å²) < 4.78 is 5.48. The number of aryl methyl sites for hydroxylation is 2. The molecule has 1 rings (SSSR count). The Bertz CT molecular complexity index is 718. The summed E-state index contributed by atoms with van der Waals surface area (Å²) in [5.41, 5.74) is 4.35. The molecule has 1 N–H and O–H groups in total. The van der Waals surface area contributed by atoms with Gasteiger partial charge in [-0.1, -0.05) is 123 Å². The van der Waals surface area contributed by atoms with Crippen LogP contribution in [0, 0.1) is 31.6 Å². The number of rotatable bonds is 18. The first-order valence-electron chi connectivity index (χ1n) is 14.4. The van der Waals surface area contributed by atoms with Gasteiger partial charge in [0.2, 0.25) is 0 Å².